The van der Waals surface area contributed by atoms with Crippen LogP contribution in [0, 0.1) is 5.82 Å². The highest BCUT2D eigenvalue weighted by Crippen LogP contribution is 2.25. The Morgan fingerprint density at radius 2 is 1.79 bits per heavy atom. The molecule has 24 heavy (non-hydrogen) atoms. The van der Waals surface area contributed by atoms with Gasteiger partial charge >= 0.3 is 0 Å². The summed E-state index contributed by atoms with van der Waals surface area (Å²) < 4.78 is 18.5. The molecule has 0 fully saturated rings. The summed E-state index contributed by atoms with van der Waals surface area (Å²) in [7, 11) is 0. The zero-order valence-corrected chi connectivity index (χ0v) is 12.9. The number of hydrogen-bond donors (Lipinski definition) is 0. The molecule has 1 aliphatic heterocycles. The van der Waals surface area contributed by atoms with Crippen molar-refractivity contribution in [3.8, 4) is 5.75 Å². The number of hydrogen-bond acceptors (Lipinski definition) is 4. The number of nitrogens with zero attached hydrogens (tertiary/aromatic N) is 1. The van der Waals surface area contributed by atoms with Crippen LogP contribution in [0.1, 0.15) is 27.6 Å². The zero-order valence-electron chi connectivity index (χ0n) is 12.9. The summed E-state index contributed by atoms with van der Waals surface area (Å²) in [5, 5.41) is 0. The van der Waals surface area contributed by atoms with Crippen molar-refractivity contribution in [1.29, 1.82) is 0 Å². The fourth-order valence-electron chi connectivity index (χ4n) is 2.47. The number of carbonyl (C=O) groups excluding carboxylic acids is 3. The number of rotatable bonds is 3. The Hall–Kier alpha value is -3.02. The van der Waals surface area contributed by atoms with Gasteiger partial charge in [0.1, 0.15) is 11.6 Å². The number of ether oxygens (including phenoxy) is 1. The number of halogens is 1. The van der Waals surface area contributed by atoms with Crippen LogP contribution in [0.15, 0.2) is 48.5 Å². The van der Waals surface area contributed by atoms with Gasteiger partial charge in [0.25, 0.3) is 11.8 Å². The average Bonchev–Trinajstić information content (AvgIpc) is 2.66. The van der Waals surface area contributed by atoms with E-state index in [1.807, 2.05) is 0 Å². The summed E-state index contributed by atoms with van der Waals surface area (Å²) in [6.07, 6.45) is -0.890. The van der Waals surface area contributed by atoms with Crippen LogP contribution in [0.3, 0.4) is 0 Å². The van der Waals surface area contributed by atoms with E-state index in [2.05, 4.69) is 0 Å². The quantitative estimate of drug-likeness (QED) is 0.642. The summed E-state index contributed by atoms with van der Waals surface area (Å²) in [5.74, 6) is -1.80. The van der Waals surface area contributed by atoms with Crippen molar-refractivity contribution in [2.75, 3.05) is 6.54 Å². The Bertz CT molecular complexity index is 816. The third kappa shape index (κ3) is 2.90. The highest BCUT2D eigenvalue weighted by Gasteiger charge is 2.35. The van der Waals surface area contributed by atoms with Gasteiger partial charge in [0.05, 0.1) is 12.1 Å². The first-order chi connectivity index (χ1) is 11.5. The van der Waals surface area contributed by atoms with Gasteiger partial charge in [-0.3, -0.25) is 19.3 Å². The second-order valence-corrected chi connectivity index (χ2v) is 5.42. The minimum atomic E-state index is -0.890. The second kappa shape index (κ2) is 6.23. The van der Waals surface area contributed by atoms with Gasteiger partial charge in [0, 0.05) is 5.56 Å². The fourth-order valence-corrected chi connectivity index (χ4v) is 2.47. The number of para-hydroxylation sites is 1. The number of ketones is 1. The summed E-state index contributed by atoms with van der Waals surface area (Å²) in [5.41, 5.74) is 0.449. The number of imide groups is 1. The molecule has 2 amide bonds. The largest absolute Gasteiger partial charge is 0.480 e. The van der Waals surface area contributed by atoms with Crippen molar-refractivity contribution >= 4 is 17.6 Å². The van der Waals surface area contributed by atoms with Gasteiger partial charge in [-0.1, -0.05) is 12.1 Å². The Morgan fingerprint density at radius 3 is 2.50 bits per heavy atom. The van der Waals surface area contributed by atoms with Crippen LogP contribution in [0.5, 0.6) is 5.75 Å². The summed E-state index contributed by atoms with van der Waals surface area (Å²) in [6.45, 7) is 1.10. The predicted molar refractivity (Wildman–Crippen MR) is 83.3 cm³/mol. The maximum absolute atomic E-state index is 13.0. The minimum Gasteiger partial charge on any atom is -0.480 e. The van der Waals surface area contributed by atoms with Gasteiger partial charge in [-0.05, 0) is 43.3 Å². The average molecular weight is 327 g/mol. The Labute approximate surface area is 137 Å². The van der Waals surface area contributed by atoms with Crippen LogP contribution < -0.4 is 4.74 Å². The van der Waals surface area contributed by atoms with Crippen LogP contribution in [0.2, 0.25) is 0 Å². The first kappa shape index (κ1) is 15.9. The molecule has 1 aliphatic rings. The Morgan fingerprint density at radius 1 is 1.12 bits per heavy atom. The predicted octanol–water partition coefficient (Wildman–Crippen LogP) is 2.46. The minimum absolute atomic E-state index is 0.224. The standard InChI is InChI=1S/C18H14FNO4/c1-11-17(22)20(10-15(21)12-6-8-13(19)9-7-12)18(23)14-4-2-3-5-16(14)24-11/h2-9,11H,10H2,1H3. The molecule has 0 N–H and O–H groups in total. The number of carbonyl (C=O) groups is 3. The fraction of sp³-hybridized carbons (Fsp3) is 0.167. The van der Waals surface area contributed by atoms with Gasteiger partial charge in [0.15, 0.2) is 11.9 Å². The lowest BCUT2D eigenvalue weighted by Crippen LogP contribution is -2.44. The van der Waals surface area contributed by atoms with E-state index in [9.17, 15) is 18.8 Å². The van der Waals surface area contributed by atoms with Crippen LogP contribution in [0.4, 0.5) is 4.39 Å². The molecule has 1 heterocycles. The molecule has 122 valence electrons. The molecule has 0 aromatic heterocycles. The molecule has 0 spiro atoms. The lowest BCUT2D eigenvalue weighted by atomic mass is 10.1. The molecule has 0 saturated carbocycles. The number of benzene rings is 2. The third-order valence-corrected chi connectivity index (χ3v) is 3.75. The molecule has 0 radical (unpaired) electrons. The number of amides is 2. The number of Topliss-reactive ketones (excluding diaryl/α,β-unsaturated/α-hetero) is 1. The van der Waals surface area contributed by atoms with E-state index in [-0.39, 0.29) is 11.1 Å². The van der Waals surface area contributed by atoms with Crippen molar-refractivity contribution < 1.29 is 23.5 Å². The van der Waals surface area contributed by atoms with E-state index in [0.29, 0.717) is 5.75 Å². The molecule has 2 aromatic rings. The van der Waals surface area contributed by atoms with E-state index >= 15 is 0 Å². The zero-order chi connectivity index (χ0) is 17.3. The smallest absolute Gasteiger partial charge is 0.270 e. The molecule has 0 bridgehead atoms. The van der Waals surface area contributed by atoms with Crippen LogP contribution in [0.25, 0.3) is 0 Å². The summed E-state index contributed by atoms with van der Waals surface area (Å²) >= 11 is 0. The highest BCUT2D eigenvalue weighted by molar-refractivity contribution is 6.12. The molecule has 1 atom stereocenters. The first-order valence-corrected chi connectivity index (χ1v) is 7.37. The van der Waals surface area contributed by atoms with Gasteiger partial charge in [0.2, 0.25) is 0 Å². The number of fused-ring (bicyclic) bond motifs is 1. The van der Waals surface area contributed by atoms with Crippen molar-refractivity contribution in [3.05, 3.63) is 65.5 Å². The summed E-state index contributed by atoms with van der Waals surface area (Å²) in [4.78, 5) is 38.3. The molecule has 0 saturated heterocycles. The lowest BCUT2D eigenvalue weighted by molar-refractivity contribution is -0.134. The monoisotopic (exact) mass is 327 g/mol. The Balaban J connectivity index is 1.91. The van der Waals surface area contributed by atoms with Crippen LogP contribution >= 0.6 is 0 Å². The van der Waals surface area contributed by atoms with Gasteiger partial charge in [-0.2, -0.15) is 0 Å². The van der Waals surface area contributed by atoms with E-state index in [1.54, 1.807) is 24.3 Å². The normalized spacial score (nSPS) is 17.1. The molecule has 6 heteroatoms. The van der Waals surface area contributed by atoms with Gasteiger partial charge in [-0.15, -0.1) is 0 Å². The van der Waals surface area contributed by atoms with E-state index in [4.69, 9.17) is 4.74 Å². The molecule has 5 nitrogen and oxygen atoms in total. The summed E-state index contributed by atoms with van der Waals surface area (Å²) in [6, 6.07) is 11.4. The van der Waals surface area contributed by atoms with Crippen LogP contribution in [-0.4, -0.2) is 35.1 Å². The van der Waals surface area contributed by atoms with E-state index in [0.717, 1.165) is 17.0 Å². The van der Waals surface area contributed by atoms with E-state index < -0.39 is 36.1 Å². The maximum atomic E-state index is 13.0. The van der Waals surface area contributed by atoms with E-state index in [1.165, 1.54) is 19.1 Å². The topological polar surface area (TPSA) is 63.7 Å². The van der Waals surface area contributed by atoms with Gasteiger partial charge < -0.3 is 4.74 Å². The molecular formula is C18H14FNO4. The third-order valence-electron chi connectivity index (χ3n) is 3.75. The molecule has 0 aliphatic carbocycles. The molecule has 3 rings (SSSR count). The highest BCUT2D eigenvalue weighted by atomic mass is 19.1. The van der Waals surface area contributed by atoms with Crippen molar-refractivity contribution in [1.82, 2.24) is 4.90 Å². The molecule has 2 aromatic carbocycles. The van der Waals surface area contributed by atoms with Crippen molar-refractivity contribution in [2.45, 2.75) is 13.0 Å². The first-order valence-electron chi connectivity index (χ1n) is 7.37. The van der Waals surface area contributed by atoms with Gasteiger partial charge in [-0.25, -0.2) is 4.39 Å². The Kier molecular flexibility index (Phi) is 4.12. The lowest BCUT2D eigenvalue weighted by Gasteiger charge is -2.19. The van der Waals surface area contributed by atoms with Crippen LogP contribution in [-0.2, 0) is 4.79 Å². The molecule has 1 unspecified atom stereocenters. The van der Waals surface area contributed by atoms with Crippen molar-refractivity contribution in [2.24, 2.45) is 0 Å². The molecular weight excluding hydrogens is 313 g/mol. The second-order valence-electron chi connectivity index (χ2n) is 5.42. The maximum Gasteiger partial charge on any atom is 0.270 e. The SMILES string of the molecule is CC1Oc2ccccc2C(=O)N(CC(=O)c2ccc(F)cc2)C1=O. The van der Waals surface area contributed by atoms with Crippen molar-refractivity contribution in [3.63, 3.8) is 0 Å².